The molecule has 0 aliphatic carbocycles. The normalized spacial score (nSPS) is 20.3. The molecule has 1 fully saturated rings. The molecule has 5 rings (SSSR count). The summed E-state index contributed by atoms with van der Waals surface area (Å²) in [5.74, 6) is -2.90. The second-order valence-electron chi connectivity index (χ2n) is 12.9. The van der Waals surface area contributed by atoms with Crippen molar-refractivity contribution in [3.8, 4) is 0 Å². The fraction of sp³-hybridized carbons (Fsp3) is 0.282. The van der Waals surface area contributed by atoms with E-state index >= 15 is 0 Å². The lowest BCUT2D eigenvalue weighted by molar-refractivity contribution is -0.297. The van der Waals surface area contributed by atoms with Gasteiger partial charge in [0.2, 0.25) is 0 Å². The summed E-state index contributed by atoms with van der Waals surface area (Å²) in [5, 5.41) is 0. The second kappa shape index (κ2) is 17.0. The number of carbonyl (C=O) groups is 4. The molecule has 50 heavy (non-hydrogen) atoms. The molecule has 0 spiro atoms. The summed E-state index contributed by atoms with van der Waals surface area (Å²) >= 11 is 0. The van der Waals surface area contributed by atoms with Gasteiger partial charge in [0.25, 0.3) is 0 Å². The Bertz CT molecular complexity index is 1710. The van der Waals surface area contributed by atoms with Crippen LogP contribution >= 0.6 is 0 Å². The van der Waals surface area contributed by atoms with Crippen LogP contribution < -0.4 is 0 Å². The Balaban J connectivity index is 1.54. The van der Waals surface area contributed by atoms with E-state index in [1.807, 2.05) is 0 Å². The van der Waals surface area contributed by atoms with Gasteiger partial charge in [0.05, 0.1) is 22.3 Å². The lowest BCUT2D eigenvalue weighted by Crippen LogP contribution is -2.63. The van der Waals surface area contributed by atoms with Crippen LogP contribution in [0.15, 0.2) is 121 Å². The van der Waals surface area contributed by atoms with Crippen LogP contribution in [0.3, 0.4) is 0 Å². The number of rotatable bonds is 13. The fourth-order valence-electron chi connectivity index (χ4n) is 5.14. The highest BCUT2D eigenvalue weighted by atomic mass is 28.3. The van der Waals surface area contributed by atoms with Gasteiger partial charge < -0.3 is 28.4 Å². The Kier molecular flexibility index (Phi) is 12.3. The zero-order valence-corrected chi connectivity index (χ0v) is 29.1. The van der Waals surface area contributed by atoms with Gasteiger partial charge in [0.1, 0.15) is 12.7 Å². The Hall–Kier alpha value is -5.10. The fourth-order valence-corrected chi connectivity index (χ4v) is 5.87. The van der Waals surface area contributed by atoms with Crippen LogP contribution in [-0.4, -0.2) is 75.9 Å². The van der Waals surface area contributed by atoms with Gasteiger partial charge >= 0.3 is 23.9 Å². The standard InChI is InChI=1S/C39H40O10Si/c1-50(2,3)25-24-44-39-34(49-38(43)30-22-14-7-15-23-30)33(48-37(42)29-20-12-6-13-21-29)32(47-36(41)28-18-10-5-11-19-28)31(46-39)26-45-35(40)27-16-8-4-9-17-27/h4-23,31-34,39H,24-26H2,1-3H3/t31-,32-,33+,34-,39+/m1/s1. The maximum Gasteiger partial charge on any atom is 0.338 e. The van der Waals surface area contributed by atoms with Gasteiger partial charge in [-0.05, 0) is 54.6 Å². The van der Waals surface area contributed by atoms with E-state index in [-0.39, 0.29) is 23.3 Å². The predicted octanol–water partition coefficient (Wildman–Crippen LogP) is 6.60. The predicted molar refractivity (Wildman–Crippen MR) is 186 cm³/mol. The van der Waals surface area contributed by atoms with Gasteiger partial charge in [-0.2, -0.15) is 0 Å². The summed E-state index contributed by atoms with van der Waals surface area (Å²) in [5.41, 5.74) is 0.958. The minimum absolute atomic E-state index is 0.212. The van der Waals surface area contributed by atoms with Crippen molar-refractivity contribution in [2.75, 3.05) is 13.2 Å². The molecule has 1 saturated heterocycles. The summed E-state index contributed by atoms with van der Waals surface area (Å²) in [4.78, 5) is 53.8. The van der Waals surface area contributed by atoms with Gasteiger partial charge in [0, 0.05) is 14.7 Å². The topological polar surface area (TPSA) is 124 Å². The first-order chi connectivity index (χ1) is 24.1. The van der Waals surface area contributed by atoms with Gasteiger partial charge in [-0.3, -0.25) is 0 Å². The Morgan fingerprint density at radius 2 is 0.920 bits per heavy atom. The quantitative estimate of drug-likeness (QED) is 0.0858. The molecule has 0 saturated carbocycles. The van der Waals surface area contributed by atoms with Crippen LogP contribution in [0.4, 0.5) is 0 Å². The minimum Gasteiger partial charge on any atom is -0.459 e. The summed E-state index contributed by atoms with van der Waals surface area (Å²) in [6.07, 6.45) is -6.75. The van der Waals surface area contributed by atoms with Gasteiger partial charge in [0.15, 0.2) is 24.6 Å². The van der Waals surface area contributed by atoms with Crippen molar-refractivity contribution in [2.24, 2.45) is 0 Å². The Morgan fingerprint density at radius 3 is 1.34 bits per heavy atom. The summed E-state index contributed by atoms with van der Waals surface area (Å²) in [6.45, 7) is 6.37. The van der Waals surface area contributed by atoms with Crippen LogP contribution in [0.2, 0.25) is 25.7 Å². The third kappa shape index (κ3) is 9.97. The molecule has 11 heteroatoms. The molecule has 4 aromatic carbocycles. The molecule has 5 atom stereocenters. The average molecular weight is 697 g/mol. The molecule has 0 bridgehead atoms. The highest BCUT2D eigenvalue weighted by Gasteiger charge is 2.53. The molecule has 0 unspecified atom stereocenters. The summed E-state index contributed by atoms with van der Waals surface area (Å²) in [7, 11) is -1.61. The van der Waals surface area contributed by atoms with Crippen molar-refractivity contribution in [2.45, 2.75) is 56.4 Å². The molecular weight excluding hydrogens is 657 g/mol. The molecule has 1 heterocycles. The zero-order chi connectivity index (χ0) is 35.5. The third-order valence-electron chi connectivity index (χ3n) is 7.87. The van der Waals surface area contributed by atoms with Crippen molar-refractivity contribution in [3.63, 3.8) is 0 Å². The second-order valence-corrected chi connectivity index (χ2v) is 18.5. The van der Waals surface area contributed by atoms with Crippen molar-refractivity contribution >= 4 is 32.0 Å². The lowest BCUT2D eigenvalue weighted by atomic mass is 9.97. The van der Waals surface area contributed by atoms with Crippen LogP contribution in [0.1, 0.15) is 41.4 Å². The van der Waals surface area contributed by atoms with Crippen LogP contribution in [0, 0.1) is 0 Å². The molecule has 1 aliphatic heterocycles. The molecule has 4 aromatic rings. The smallest absolute Gasteiger partial charge is 0.338 e. The van der Waals surface area contributed by atoms with E-state index in [1.54, 1.807) is 121 Å². The van der Waals surface area contributed by atoms with E-state index in [2.05, 4.69) is 19.6 Å². The average Bonchev–Trinajstić information content (AvgIpc) is 3.13. The first-order valence-electron chi connectivity index (χ1n) is 16.4. The zero-order valence-electron chi connectivity index (χ0n) is 28.1. The van der Waals surface area contributed by atoms with Gasteiger partial charge in [-0.1, -0.05) is 92.4 Å². The SMILES string of the molecule is C[Si](C)(C)CCO[C@H]1O[C@H](COC(=O)c2ccccc2)[C@@H](OC(=O)c2ccccc2)[C@H](OC(=O)c2ccccc2)[C@H]1OC(=O)c1ccccc1. The highest BCUT2D eigenvalue weighted by Crippen LogP contribution is 2.32. The van der Waals surface area contributed by atoms with Crippen molar-refractivity contribution in [1.29, 1.82) is 0 Å². The number of ether oxygens (including phenoxy) is 6. The third-order valence-corrected chi connectivity index (χ3v) is 9.58. The minimum atomic E-state index is -1.61. The lowest BCUT2D eigenvalue weighted by Gasteiger charge is -2.44. The highest BCUT2D eigenvalue weighted by molar-refractivity contribution is 6.76. The van der Waals surface area contributed by atoms with E-state index in [4.69, 9.17) is 28.4 Å². The number of benzene rings is 4. The van der Waals surface area contributed by atoms with E-state index < -0.39 is 69.3 Å². The van der Waals surface area contributed by atoms with Crippen molar-refractivity contribution < 1.29 is 47.6 Å². The first kappa shape index (κ1) is 36.2. The van der Waals surface area contributed by atoms with E-state index in [1.165, 1.54) is 0 Å². The van der Waals surface area contributed by atoms with Crippen LogP contribution in [0.5, 0.6) is 0 Å². The van der Waals surface area contributed by atoms with Crippen molar-refractivity contribution in [1.82, 2.24) is 0 Å². The van der Waals surface area contributed by atoms with Gasteiger partial charge in [-0.25, -0.2) is 19.2 Å². The van der Waals surface area contributed by atoms with E-state index in [0.717, 1.165) is 6.04 Å². The molecule has 0 N–H and O–H groups in total. The monoisotopic (exact) mass is 696 g/mol. The molecule has 260 valence electrons. The molecule has 1 aliphatic rings. The summed E-state index contributed by atoms with van der Waals surface area (Å²) in [6, 6.07) is 33.9. The van der Waals surface area contributed by atoms with E-state index in [0.29, 0.717) is 5.56 Å². The molecular formula is C39H40O10Si. The van der Waals surface area contributed by atoms with Crippen LogP contribution in [-0.2, 0) is 28.4 Å². The number of hydrogen-bond acceptors (Lipinski definition) is 10. The van der Waals surface area contributed by atoms with E-state index in [9.17, 15) is 19.2 Å². The Labute approximate surface area is 292 Å². The van der Waals surface area contributed by atoms with Gasteiger partial charge in [-0.15, -0.1) is 0 Å². The molecule has 0 amide bonds. The maximum absolute atomic E-state index is 13.7. The molecule has 0 radical (unpaired) electrons. The number of carbonyl (C=O) groups excluding carboxylic acids is 4. The Morgan fingerprint density at radius 1 is 0.540 bits per heavy atom. The number of esters is 4. The first-order valence-corrected chi connectivity index (χ1v) is 20.1. The molecule has 10 nitrogen and oxygen atoms in total. The van der Waals surface area contributed by atoms with Crippen LogP contribution in [0.25, 0.3) is 0 Å². The summed E-state index contributed by atoms with van der Waals surface area (Å²) < 4.78 is 36.4. The largest absolute Gasteiger partial charge is 0.459 e. The number of hydrogen-bond donors (Lipinski definition) is 0. The molecule has 0 aromatic heterocycles. The maximum atomic E-state index is 13.7. The van der Waals surface area contributed by atoms with Crippen molar-refractivity contribution in [3.05, 3.63) is 144 Å².